The maximum Gasteiger partial charge on any atom is 0.119 e. The van der Waals surface area contributed by atoms with E-state index in [-0.39, 0.29) is 12.6 Å². The summed E-state index contributed by atoms with van der Waals surface area (Å²) < 4.78 is 6.70. The van der Waals surface area contributed by atoms with Gasteiger partial charge in [0.2, 0.25) is 0 Å². The summed E-state index contributed by atoms with van der Waals surface area (Å²) in [4.78, 5) is 0. The van der Waals surface area contributed by atoms with E-state index in [0.29, 0.717) is 6.42 Å². The van der Waals surface area contributed by atoms with Crippen molar-refractivity contribution in [3.63, 3.8) is 0 Å². The number of nitrogens with two attached hydrogens (primary N) is 1. The normalized spacial score (nSPS) is 13.8. The molecule has 0 spiro atoms. The van der Waals surface area contributed by atoms with E-state index in [1.54, 1.807) is 0 Å². The van der Waals surface area contributed by atoms with E-state index in [9.17, 15) is 5.11 Å². The highest BCUT2D eigenvalue weighted by Crippen LogP contribution is 2.14. The predicted octanol–water partition coefficient (Wildman–Crippen LogP) is 2.60. The van der Waals surface area contributed by atoms with E-state index < -0.39 is 6.10 Å². The Balaban J connectivity index is 1.82. The highest BCUT2D eigenvalue weighted by atomic mass is 127. The largest absolute Gasteiger partial charge is 0.491 e. The van der Waals surface area contributed by atoms with Gasteiger partial charge in [-0.2, -0.15) is 0 Å². The van der Waals surface area contributed by atoms with Crippen LogP contribution in [0.15, 0.2) is 54.6 Å². The lowest BCUT2D eigenvalue weighted by atomic mass is 10.0. The SMILES string of the molecule is NC(Cc1ccccc1)C(O)COc1ccc(I)cc1. The zero-order valence-corrected chi connectivity index (χ0v) is 13.2. The average Bonchev–Trinajstić information content (AvgIpc) is 2.47. The molecule has 0 aliphatic carbocycles. The number of aliphatic hydroxyl groups is 1. The maximum absolute atomic E-state index is 10.0. The Kier molecular flexibility index (Phi) is 5.82. The number of halogens is 1. The monoisotopic (exact) mass is 383 g/mol. The van der Waals surface area contributed by atoms with Crippen LogP contribution in [0.1, 0.15) is 5.56 Å². The molecule has 0 amide bonds. The van der Waals surface area contributed by atoms with Crippen LogP contribution in [0.25, 0.3) is 0 Å². The van der Waals surface area contributed by atoms with E-state index in [0.717, 1.165) is 14.9 Å². The minimum absolute atomic E-state index is 0.203. The van der Waals surface area contributed by atoms with Gasteiger partial charge in [-0.15, -0.1) is 0 Å². The molecule has 0 saturated heterocycles. The lowest BCUT2D eigenvalue weighted by Gasteiger charge is -2.19. The van der Waals surface area contributed by atoms with Crippen molar-refractivity contribution in [1.29, 1.82) is 0 Å². The highest BCUT2D eigenvalue weighted by molar-refractivity contribution is 14.1. The van der Waals surface area contributed by atoms with E-state index in [4.69, 9.17) is 10.5 Å². The first kappa shape index (κ1) is 15.3. The Bertz CT molecular complexity index is 516. The molecule has 0 aromatic heterocycles. The second kappa shape index (κ2) is 7.61. The molecule has 2 atom stereocenters. The smallest absolute Gasteiger partial charge is 0.119 e. The number of ether oxygens (including phenoxy) is 1. The third-order valence-electron chi connectivity index (χ3n) is 3.04. The van der Waals surface area contributed by atoms with Crippen LogP contribution < -0.4 is 10.5 Å². The van der Waals surface area contributed by atoms with Gasteiger partial charge in [-0.1, -0.05) is 30.3 Å². The van der Waals surface area contributed by atoms with Crippen molar-refractivity contribution in [2.45, 2.75) is 18.6 Å². The van der Waals surface area contributed by atoms with Gasteiger partial charge in [0.15, 0.2) is 0 Å². The Hall–Kier alpha value is -1.11. The fourth-order valence-corrected chi connectivity index (χ4v) is 2.22. The lowest BCUT2D eigenvalue weighted by Crippen LogP contribution is -2.40. The molecule has 0 heterocycles. The Morgan fingerprint density at radius 1 is 1.05 bits per heavy atom. The van der Waals surface area contributed by atoms with Crippen LogP contribution in [0, 0.1) is 3.57 Å². The summed E-state index contributed by atoms with van der Waals surface area (Å²) in [6.07, 6.45) is -0.0487. The standard InChI is InChI=1S/C16H18INO2/c17-13-6-8-14(9-7-13)20-11-16(19)15(18)10-12-4-2-1-3-5-12/h1-9,15-16,19H,10-11,18H2. The molecule has 0 bridgehead atoms. The molecule has 20 heavy (non-hydrogen) atoms. The zero-order chi connectivity index (χ0) is 14.4. The van der Waals surface area contributed by atoms with Crippen LogP contribution in [-0.4, -0.2) is 23.9 Å². The quantitative estimate of drug-likeness (QED) is 0.755. The molecule has 3 nitrogen and oxygen atoms in total. The molecule has 0 saturated carbocycles. The van der Waals surface area contributed by atoms with E-state index in [1.165, 1.54) is 0 Å². The summed E-state index contributed by atoms with van der Waals surface area (Å²) in [6, 6.07) is 17.3. The van der Waals surface area contributed by atoms with Crippen LogP contribution in [0.2, 0.25) is 0 Å². The van der Waals surface area contributed by atoms with Crippen LogP contribution in [0.3, 0.4) is 0 Å². The van der Waals surface area contributed by atoms with Crippen LogP contribution in [0.4, 0.5) is 0 Å². The van der Waals surface area contributed by atoms with Gasteiger partial charge in [0.25, 0.3) is 0 Å². The fourth-order valence-electron chi connectivity index (χ4n) is 1.86. The molecule has 2 rings (SSSR count). The van der Waals surface area contributed by atoms with E-state index in [2.05, 4.69) is 22.6 Å². The van der Waals surface area contributed by atoms with Crippen molar-refractivity contribution in [1.82, 2.24) is 0 Å². The minimum Gasteiger partial charge on any atom is -0.491 e. The maximum atomic E-state index is 10.0. The molecule has 2 unspecified atom stereocenters. The molecule has 0 aliphatic heterocycles. The Labute approximate surface area is 132 Å². The molecule has 0 radical (unpaired) electrons. The second-order valence-electron chi connectivity index (χ2n) is 4.69. The summed E-state index contributed by atoms with van der Waals surface area (Å²) in [6.45, 7) is 0.203. The van der Waals surface area contributed by atoms with E-state index in [1.807, 2.05) is 54.6 Å². The summed E-state index contributed by atoms with van der Waals surface area (Å²) >= 11 is 2.24. The third-order valence-corrected chi connectivity index (χ3v) is 3.76. The summed E-state index contributed by atoms with van der Waals surface area (Å²) in [5.74, 6) is 0.747. The summed E-state index contributed by atoms with van der Waals surface area (Å²) in [5.41, 5.74) is 7.13. The third kappa shape index (κ3) is 4.77. The molecular weight excluding hydrogens is 365 g/mol. The van der Waals surface area contributed by atoms with Gasteiger partial charge in [0.05, 0.1) is 0 Å². The van der Waals surface area contributed by atoms with Crippen molar-refractivity contribution in [3.8, 4) is 5.75 Å². The fraction of sp³-hybridized carbons (Fsp3) is 0.250. The first-order valence-electron chi connectivity index (χ1n) is 6.51. The molecule has 3 N–H and O–H groups in total. The van der Waals surface area contributed by atoms with Crippen LogP contribution >= 0.6 is 22.6 Å². The number of aliphatic hydroxyl groups excluding tert-OH is 1. The van der Waals surface area contributed by atoms with Crippen LogP contribution in [-0.2, 0) is 6.42 Å². The van der Waals surface area contributed by atoms with Gasteiger partial charge in [-0.3, -0.25) is 0 Å². The van der Waals surface area contributed by atoms with Crippen molar-refractivity contribution >= 4 is 22.6 Å². The molecule has 0 fully saturated rings. The van der Waals surface area contributed by atoms with Gasteiger partial charge < -0.3 is 15.6 Å². The minimum atomic E-state index is -0.686. The first-order chi connectivity index (χ1) is 9.65. The second-order valence-corrected chi connectivity index (χ2v) is 5.93. The van der Waals surface area contributed by atoms with Gasteiger partial charge in [0.1, 0.15) is 18.5 Å². The number of benzene rings is 2. The molecule has 106 valence electrons. The predicted molar refractivity (Wildman–Crippen MR) is 88.8 cm³/mol. The van der Waals surface area contributed by atoms with Gasteiger partial charge >= 0.3 is 0 Å². The molecule has 2 aromatic carbocycles. The number of hydrogen-bond donors (Lipinski definition) is 2. The molecule has 2 aromatic rings. The summed E-state index contributed by atoms with van der Waals surface area (Å²) in [7, 11) is 0. The molecule has 0 aliphatic rings. The van der Waals surface area contributed by atoms with Crippen molar-refractivity contribution in [3.05, 3.63) is 63.7 Å². The summed E-state index contributed by atoms with van der Waals surface area (Å²) in [5, 5.41) is 10.0. The van der Waals surface area contributed by atoms with Crippen LogP contribution in [0.5, 0.6) is 5.75 Å². The van der Waals surface area contributed by atoms with Gasteiger partial charge in [-0.05, 0) is 58.8 Å². The number of hydrogen-bond acceptors (Lipinski definition) is 3. The van der Waals surface area contributed by atoms with Gasteiger partial charge in [-0.25, -0.2) is 0 Å². The number of rotatable bonds is 6. The molecule has 4 heteroatoms. The zero-order valence-electron chi connectivity index (χ0n) is 11.1. The molecular formula is C16H18INO2. The van der Waals surface area contributed by atoms with E-state index >= 15 is 0 Å². The Morgan fingerprint density at radius 2 is 1.70 bits per heavy atom. The Morgan fingerprint density at radius 3 is 2.35 bits per heavy atom. The average molecular weight is 383 g/mol. The first-order valence-corrected chi connectivity index (χ1v) is 7.59. The van der Waals surface area contributed by atoms with Gasteiger partial charge in [0, 0.05) is 9.61 Å². The lowest BCUT2D eigenvalue weighted by molar-refractivity contribution is 0.0851. The highest BCUT2D eigenvalue weighted by Gasteiger charge is 2.16. The van der Waals surface area contributed by atoms with Crippen molar-refractivity contribution < 1.29 is 9.84 Å². The topological polar surface area (TPSA) is 55.5 Å². The van der Waals surface area contributed by atoms with Crippen molar-refractivity contribution in [2.75, 3.05) is 6.61 Å². The van der Waals surface area contributed by atoms with Crippen molar-refractivity contribution in [2.24, 2.45) is 5.73 Å².